The van der Waals surface area contributed by atoms with E-state index >= 15 is 0 Å². The van der Waals surface area contributed by atoms with Crippen LogP contribution in [0.15, 0.2) is 24.3 Å². The first-order chi connectivity index (χ1) is 11.7. The van der Waals surface area contributed by atoms with Crippen LogP contribution >= 0.6 is 0 Å². The predicted molar refractivity (Wildman–Crippen MR) is 94.9 cm³/mol. The Morgan fingerprint density at radius 1 is 1.20 bits per heavy atom. The van der Waals surface area contributed by atoms with Crippen molar-refractivity contribution in [1.82, 2.24) is 10.2 Å². The molecule has 1 atom stereocenters. The van der Waals surface area contributed by atoms with Gasteiger partial charge in [0.15, 0.2) is 9.84 Å². The number of carbonyl (C=O) groups excluding carboxylic acids is 1. The van der Waals surface area contributed by atoms with Gasteiger partial charge in [-0.15, -0.1) is 0 Å². The van der Waals surface area contributed by atoms with Gasteiger partial charge in [-0.2, -0.15) is 0 Å². The summed E-state index contributed by atoms with van der Waals surface area (Å²) in [7, 11) is -3.04. The van der Waals surface area contributed by atoms with Crippen molar-refractivity contribution in [2.24, 2.45) is 0 Å². The molecular weight excluding hydrogens is 345 g/mol. The van der Waals surface area contributed by atoms with Crippen LogP contribution in [-0.4, -0.2) is 69.0 Å². The fourth-order valence-electron chi connectivity index (χ4n) is 3.50. The molecule has 0 bridgehead atoms. The number of nitrogens with zero attached hydrogens (tertiary/aromatic N) is 2. The van der Waals surface area contributed by atoms with E-state index in [1.54, 1.807) is 19.1 Å². The maximum absolute atomic E-state index is 13.0. The van der Waals surface area contributed by atoms with Crippen LogP contribution in [0.1, 0.15) is 13.3 Å². The first kappa shape index (κ1) is 18.1. The quantitative estimate of drug-likeness (QED) is 0.844. The van der Waals surface area contributed by atoms with Crippen molar-refractivity contribution in [2.75, 3.05) is 49.1 Å². The van der Waals surface area contributed by atoms with Crippen LogP contribution in [0.3, 0.4) is 0 Å². The molecule has 1 aromatic rings. The number of piperazine rings is 1. The molecule has 25 heavy (non-hydrogen) atoms. The van der Waals surface area contributed by atoms with Gasteiger partial charge in [0.1, 0.15) is 5.82 Å². The number of hydrogen-bond donors (Lipinski definition) is 1. The molecule has 138 valence electrons. The lowest BCUT2D eigenvalue weighted by Crippen LogP contribution is -2.53. The Balaban J connectivity index is 1.47. The Kier molecular flexibility index (Phi) is 5.02. The van der Waals surface area contributed by atoms with Crippen LogP contribution in [0.25, 0.3) is 0 Å². The molecule has 1 amide bonds. The molecule has 0 aromatic heterocycles. The molecule has 0 aliphatic carbocycles. The minimum Gasteiger partial charge on any atom is -0.369 e. The molecule has 1 aromatic carbocycles. The summed E-state index contributed by atoms with van der Waals surface area (Å²) in [5.41, 5.74) is 0.334. The Bertz CT molecular complexity index is 730. The van der Waals surface area contributed by atoms with Crippen LogP contribution in [0.5, 0.6) is 0 Å². The zero-order chi connectivity index (χ0) is 18.1. The largest absolute Gasteiger partial charge is 0.369 e. The average molecular weight is 369 g/mol. The zero-order valence-corrected chi connectivity index (χ0v) is 15.2. The summed E-state index contributed by atoms with van der Waals surface area (Å²) in [6, 6.07) is 6.43. The smallest absolute Gasteiger partial charge is 0.234 e. The molecule has 1 unspecified atom stereocenters. The second kappa shape index (κ2) is 6.92. The molecule has 0 spiro atoms. The van der Waals surface area contributed by atoms with Crippen molar-refractivity contribution in [3.05, 3.63) is 30.1 Å². The summed E-state index contributed by atoms with van der Waals surface area (Å²) < 4.78 is 36.2. The average Bonchev–Trinajstić information content (AvgIpc) is 2.82. The lowest BCUT2D eigenvalue weighted by atomic mass is 10.0. The highest BCUT2D eigenvalue weighted by Gasteiger charge is 2.39. The van der Waals surface area contributed by atoms with Gasteiger partial charge >= 0.3 is 0 Å². The van der Waals surface area contributed by atoms with Gasteiger partial charge in [-0.3, -0.25) is 9.69 Å². The fourth-order valence-corrected chi connectivity index (χ4v) is 5.60. The summed E-state index contributed by atoms with van der Waals surface area (Å²) in [5.74, 6) is -0.221. The van der Waals surface area contributed by atoms with Crippen LogP contribution in [0, 0.1) is 5.82 Å². The minimum atomic E-state index is -3.04. The topological polar surface area (TPSA) is 69.7 Å². The number of amides is 1. The van der Waals surface area contributed by atoms with E-state index < -0.39 is 15.4 Å². The lowest BCUT2D eigenvalue weighted by Gasteiger charge is -2.36. The normalized spacial score (nSPS) is 26.6. The summed E-state index contributed by atoms with van der Waals surface area (Å²) in [6.45, 7) is 5.07. The van der Waals surface area contributed by atoms with Gasteiger partial charge in [-0.25, -0.2) is 12.8 Å². The van der Waals surface area contributed by atoms with Crippen molar-refractivity contribution in [2.45, 2.75) is 18.9 Å². The lowest BCUT2D eigenvalue weighted by molar-refractivity contribution is -0.123. The first-order valence-electron chi connectivity index (χ1n) is 8.49. The summed E-state index contributed by atoms with van der Waals surface area (Å²) >= 11 is 0. The Morgan fingerprint density at radius 3 is 2.40 bits per heavy atom. The van der Waals surface area contributed by atoms with Gasteiger partial charge in [0, 0.05) is 31.9 Å². The molecule has 8 heteroatoms. The van der Waals surface area contributed by atoms with Gasteiger partial charge in [0.05, 0.1) is 23.6 Å². The van der Waals surface area contributed by atoms with Gasteiger partial charge in [-0.1, -0.05) is 0 Å². The van der Waals surface area contributed by atoms with Gasteiger partial charge in [0.2, 0.25) is 5.91 Å². The summed E-state index contributed by atoms with van der Waals surface area (Å²) in [4.78, 5) is 16.5. The highest BCUT2D eigenvalue weighted by Crippen LogP contribution is 2.23. The zero-order valence-electron chi connectivity index (χ0n) is 14.4. The molecule has 2 aliphatic heterocycles. The number of halogens is 1. The third kappa shape index (κ3) is 4.70. The van der Waals surface area contributed by atoms with Crippen molar-refractivity contribution in [3.63, 3.8) is 0 Å². The van der Waals surface area contributed by atoms with E-state index in [0.29, 0.717) is 6.42 Å². The molecule has 6 nitrogen and oxygen atoms in total. The maximum Gasteiger partial charge on any atom is 0.234 e. The molecule has 2 heterocycles. The summed E-state index contributed by atoms with van der Waals surface area (Å²) in [6.07, 6.45) is 0.472. The van der Waals surface area contributed by atoms with Crippen molar-refractivity contribution in [3.8, 4) is 0 Å². The number of hydrogen-bond acceptors (Lipinski definition) is 5. The molecule has 0 radical (unpaired) electrons. The summed E-state index contributed by atoms with van der Waals surface area (Å²) in [5, 5.41) is 2.89. The number of carbonyl (C=O) groups is 1. The minimum absolute atomic E-state index is 0.0179. The number of benzene rings is 1. The van der Waals surface area contributed by atoms with Crippen LogP contribution in [0.2, 0.25) is 0 Å². The number of rotatable bonds is 4. The van der Waals surface area contributed by atoms with E-state index in [-0.39, 0.29) is 29.8 Å². The Morgan fingerprint density at radius 2 is 1.84 bits per heavy atom. The van der Waals surface area contributed by atoms with E-state index in [0.717, 1.165) is 31.9 Å². The number of anilines is 1. The molecule has 1 N–H and O–H groups in total. The van der Waals surface area contributed by atoms with E-state index in [1.807, 2.05) is 0 Å². The third-order valence-corrected chi connectivity index (χ3v) is 6.78. The van der Waals surface area contributed by atoms with Crippen LogP contribution in [-0.2, 0) is 14.6 Å². The fraction of sp³-hybridized carbons (Fsp3) is 0.588. The van der Waals surface area contributed by atoms with Crippen LogP contribution < -0.4 is 10.2 Å². The van der Waals surface area contributed by atoms with Gasteiger partial charge < -0.3 is 10.2 Å². The maximum atomic E-state index is 13.0. The Hall–Kier alpha value is -1.67. The standard InChI is InChI=1S/C17H24FN3O3S/c1-17(6-11-25(23,24)13-17)19-16(22)12-20-7-9-21(10-8-20)15-4-2-14(18)3-5-15/h2-5H,6-13H2,1H3,(H,19,22). The SMILES string of the molecule is CC1(NC(=O)CN2CCN(c3ccc(F)cc3)CC2)CCS(=O)(=O)C1. The predicted octanol–water partition coefficient (Wildman–Crippen LogP) is 0.641. The first-order valence-corrected chi connectivity index (χ1v) is 10.3. The molecule has 3 rings (SSSR count). The third-order valence-electron chi connectivity index (χ3n) is 4.88. The van der Waals surface area contributed by atoms with Crippen molar-refractivity contribution in [1.29, 1.82) is 0 Å². The van der Waals surface area contributed by atoms with Crippen LogP contribution in [0.4, 0.5) is 10.1 Å². The Labute approximate surface area is 147 Å². The van der Waals surface area contributed by atoms with Gasteiger partial charge in [-0.05, 0) is 37.6 Å². The van der Waals surface area contributed by atoms with Crippen molar-refractivity contribution < 1.29 is 17.6 Å². The van der Waals surface area contributed by atoms with E-state index in [2.05, 4.69) is 15.1 Å². The van der Waals surface area contributed by atoms with Gasteiger partial charge in [0.25, 0.3) is 0 Å². The number of nitrogens with one attached hydrogen (secondary N) is 1. The van der Waals surface area contributed by atoms with Crippen molar-refractivity contribution >= 4 is 21.4 Å². The van der Waals surface area contributed by atoms with E-state index in [9.17, 15) is 17.6 Å². The highest BCUT2D eigenvalue weighted by atomic mass is 32.2. The molecule has 2 fully saturated rings. The molecule has 2 aliphatic rings. The second-order valence-electron chi connectivity index (χ2n) is 7.19. The van der Waals surface area contributed by atoms with E-state index in [1.165, 1.54) is 12.1 Å². The second-order valence-corrected chi connectivity index (χ2v) is 9.37. The molecule has 0 saturated carbocycles. The highest BCUT2D eigenvalue weighted by molar-refractivity contribution is 7.91. The van der Waals surface area contributed by atoms with E-state index in [4.69, 9.17) is 0 Å². The molecular formula is C17H24FN3O3S. The number of sulfone groups is 1. The monoisotopic (exact) mass is 369 g/mol. The molecule has 2 saturated heterocycles.